The highest BCUT2D eigenvalue weighted by molar-refractivity contribution is 4.89. The molecule has 2 heteroatoms. The molecule has 1 unspecified atom stereocenters. The Balaban J connectivity index is 2.74. The first-order valence-corrected chi connectivity index (χ1v) is 8.53. The van der Waals surface area contributed by atoms with Gasteiger partial charge in [-0.05, 0) is 43.4 Å². The summed E-state index contributed by atoms with van der Waals surface area (Å²) in [5.41, 5.74) is 0.243. The first-order chi connectivity index (χ1) is 9.55. The predicted molar refractivity (Wildman–Crippen MR) is 86.0 cm³/mol. The summed E-state index contributed by atoms with van der Waals surface area (Å²) < 4.78 is 11.3. The van der Waals surface area contributed by atoms with Crippen LogP contribution in [0.2, 0.25) is 0 Å². The van der Waals surface area contributed by atoms with Crippen molar-refractivity contribution in [2.45, 2.75) is 65.7 Å². The summed E-state index contributed by atoms with van der Waals surface area (Å²) in [4.78, 5) is 0. The molecule has 2 nitrogen and oxygen atoms in total. The van der Waals surface area contributed by atoms with Gasteiger partial charge in [0.1, 0.15) is 0 Å². The largest absolute Gasteiger partial charge is 0.384 e. The van der Waals surface area contributed by atoms with Gasteiger partial charge in [-0.3, -0.25) is 0 Å². The molecule has 0 aromatic heterocycles. The lowest BCUT2D eigenvalue weighted by Gasteiger charge is -2.43. The Morgan fingerprint density at radius 2 is 1.50 bits per heavy atom. The van der Waals surface area contributed by atoms with Crippen molar-refractivity contribution in [3.05, 3.63) is 0 Å². The fourth-order valence-electron chi connectivity index (χ4n) is 3.76. The summed E-state index contributed by atoms with van der Waals surface area (Å²) in [5, 5.41) is 0. The Hall–Kier alpha value is -0.0800. The molecule has 0 spiro atoms. The van der Waals surface area contributed by atoms with Crippen LogP contribution < -0.4 is 0 Å². The van der Waals surface area contributed by atoms with Crippen molar-refractivity contribution in [2.75, 3.05) is 27.4 Å². The molecular weight excluding hydrogens is 248 g/mol. The van der Waals surface area contributed by atoms with Gasteiger partial charge in [-0.1, -0.05) is 40.0 Å². The molecule has 20 heavy (non-hydrogen) atoms. The van der Waals surface area contributed by atoms with Gasteiger partial charge in [0, 0.05) is 19.6 Å². The minimum atomic E-state index is 0.243. The van der Waals surface area contributed by atoms with E-state index < -0.39 is 0 Å². The maximum Gasteiger partial charge on any atom is 0.0543 e. The monoisotopic (exact) mass is 284 g/mol. The Bertz CT molecular complexity index is 238. The van der Waals surface area contributed by atoms with Crippen molar-refractivity contribution < 1.29 is 9.47 Å². The molecule has 0 aromatic carbocycles. The predicted octanol–water partition coefficient (Wildman–Crippen LogP) is 4.92. The van der Waals surface area contributed by atoms with Crippen molar-refractivity contribution in [1.29, 1.82) is 0 Å². The standard InChI is InChI=1S/C18H36O2/c1-15(2)16(3)11-12-18(13-19-4,14-20-5)17-9-7-6-8-10-17/h15-17H,6-14H2,1-5H3. The average Bonchev–Trinajstić information content (AvgIpc) is 2.45. The van der Waals surface area contributed by atoms with Gasteiger partial charge in [0.15, 0.2) is 0 Å². The normalized spacial score (nSPS) is 19.5. The molecule has 0 amide bonds. The number of ether oxygens (including phenoxy) is 2. The van der Waals surface area contributed by atoms with E-state index in [4.69, 9.17) is 9.47 Å². The third kappa shape index (κ3) is 5.04. The molecule has 1 saturated carbocycles. The second-order valence-corrected chi connectivity index (χ2v) is 7.32. The fourth-order valence-corrected chi connectivity index (χ4v) is 3.76. The first-order valence-electron chi connectivity index (χ1n) is 8.53. The van der Waals surface area contributed by atoms with Crippen LogP contribution in [0.1, 0.15) is 65.7 Å². The van der Waals surface area contributed by atoms with E-state index in [-0.39, 0.29) is 5.41 Å². The van der Waals surface area contributed by atoms with E-state index in [9.17, 15) is 0 Å². The van der Waals surface area contributed by atoms with Crippen molar-refractivity contribution in [3.63, 3.8) is 0 Å². The molecule has 1 aliphatic carbocycles. The van der Waals surface area contributed by atoms with Crippen molar-refractivity contribution in [3.8, 4) is 0 Å². The summed E-state index contributed by atoms with van der Waals surface area (Å²) in [7, 11) is 3.69. The molecule has 1 atom stereocenters. The maximum absolute atomic E-state index is 5.63. The lowest BCUT2D eigenvalue weighted by Crippen LogP contribution is -2.41. The zero-order chi connectivity index (χ0) is 15.0. The molecule has 0 heterocycles. The van der Waals surface area contributed by atoms with Gasteiger partial charge in [0.25, 0.3) is 0 Å². The van der Waals surface area contributed by atoms with Gasteiger partial charge in [0.2, 0.25) is 0 Å². The molecule has 1 aliphatic rings. The van der Waals surface area contributed by atoms with Crippen LogP contribution in [0.15, 0.2) is 0 Å². The Kier molecular flexibility index (Phi) is 8.13. The molecule has 0 bridgehead atoms. The van der Waals surface area contributed by atoms with Crippen LogP contribution in [-0.2, 0) is 9.47 Å². The van der Waals surface area contributed by atoms with Crippen LogP contribution in [0.5, 0.6) is 0 Å². The van der Waals surface area contributed by atoms with Gasteiger partial charge in [-0.15, -0.1) is 0 Å². The molecule has 0 aromatic rings. The first kappa shape index (κ1) is 18.0. The third-order valence-corrected chi connectivity index (χ3v) is 5.57. The number of hydrogen-bond acceptors (Lipinski definition) is 2. The zero-order valence-electron chi connectivity index (χ0n) is 14.4. The Morgan fingerprint density at radius 3 is 1.95 bits per heavy atom. The summed E-state index contributed by atoms with van der Waals surface area (Å²) in [6.07, 6.45) is 9.46. The summed E-state index contributed by atoms with van der Waals surface area (Å²) in [6, 6.07) is 0. The second kappa shape index (κ2) is 9.04. The highest BCUT2D eigenvalue weighted by Crippen LogP contribution is 2.43. The van der Waals surface area contributed by atoms with Crippen LogP contribution >= 0.6 is 0 Å². The van der Waals surface area contributed by atoms with Crippen LogP contribution in [0, 0.1) is 23.2 Å². The quantitative estimate of drug-likeness (QED) is 0.598. The summed E-state index contributed by atoms with van der Waals surface area (Å²) in [6.45, 7) is 8.77. The van der Waals surface area contributed by atoms with Crippen molar-refractivity contribution in [1.82, 2.24) is 0 Å². The van der Waals surface area contributed by atoms with E-state index in [1.54, 1.807) is 0 Å². The highest BCUT2D eigenvalue weighted by atomic mass is 16.5. The molecule has 0 saturated heterocycles. The smallest absolute Gasteiger partial charge is 0.0543 e. The number of rotatable bonds is 9. The third-order valence-electron chi connectivity index (χ3n) is 5.57. The van der Waals surface area contributed by atoms with E-state index in [0.717, 1.165) is 31.0 Å². The van der Waals surface area contributed by atoms with Crippen LogP contribution in [-0.4, -0.2) is 27.4 Å². The Morgan fingerprint density at radius 1 is 0.950 bits per heavy atom. The molecular formula is C18H36O2. The molecule has 0 radical (unpaired) electrons. The van der Waals surface area contributed by atoms with Gasteiger partial charge >= 0.3 is 0 Å². The number of hydrogen-bond donors (Lipinski definition) is 0. The lowest BCUT2D eigenvalue weighted by molar-refractivity contribution is -0.0501. The van der Waals surface area contributed by atoms with Crippen molar-refractivity contribution >= 4 is 0 Å². The minimum absolute atomic E-state index is 0.243. The molecule has 0 N–H and O–H groups in total. The molecule has 1 fully saturated rings. The van der Waals surface area contributed by atoms with Gasteiger partial charge < -0.3 is 9.47 Å². The van der Waals surface area contributed by atoms with Crippen LogP contribution in [0.4, 0.5) is 0 Å². The number of methoxy groups -OCH3 is 2. The summed E-state index contributed by atoms with van der Waals surface area (Å²) in [5.74, 6) is 2.34. The zero-order valence-corrected chi connectivity index (χ0v) is 14.4. The van der Waals surface area contributed by atoms with E-state index >= 15 is 0 Å². The molecule has 1 rings (SSSR count). The minimum Gasteiger partial charge on any atom is -0.384 e. The summed E-state index contributed by atoms with van der Waals surface area (Å²) >= 11 is 0. The average molecular weight is 284 g/mol. The fraction of sp³-hybridized carbons (Fsp3) is 1.00. The van der Waals surface area contributed by atoms with Crippen LogP contribution in [0.3, 0.4) is 0 Å². The van der Waals surface area contributed by atoms with E-state index in [2.05, 4.69) is 20.8 Å². The van der Waals surface area contributed by atoms with Gasteiger partial charge in [-0.2, -0.15) is 0 Å². The lowest BCUT2D eigenvalue weighted by atomic mass is 9.66. The van der Waals surface area contributed by atoms with Gasteiger partial charge in [0.05, 0.1) is 13.2 Å². The maximum atomic E-state index is 5.63. The van der Waals surface area contributed by atoms with E-state index in [1.807, 2.05) is 14.2 Å². The molecule has 0 aliphatic heterocycles. The topological polar surface area (TPSA) is 18.5 Å². The van der Waals surface area contributed by atoms with E-state index in [0.29, 0.717) is 0 Å². The molecule has 120 valence electrons. The Labute approximate surface area is 126 Å². The van der Waals surface area contributed by atoms with E-state index in [1.165, 1.54) is 44.9 Å². The second-order valence-electron chi connectivity index (χ2n) is 7.32. The van der Waals surface area contributed by atoms with Gasteiger partial charge in [-0.25, -0.2) is 0 Å². The van der Waals surface area contributed by atoms with Crippen molar-refractivity contribution in [2.24, 2.45) is 23.2 Å². The highest BCUT2D eigenvalue weighted by Gasteiger charge is 2.39. The SMILES string of the molecule is COCC(CCC(C)C(C)C)(COC)C1CCCCC1. The van der Waals surface area contributed by atoms with Crippen LogP contribution in [0.25, 0.3) is 0 Å².